The number of benzene rings is 3. The molecule has 0 amide bonds. The maximum Gasteiger partial charge on any atom is 0.333 e. The maximum absolute atomic E-state index is 11.1. The molecule has 0 saturated carbocycles. The van der Waals surface area contributed by atoms with Gasteiger partial charge in [-0.2, -0.15) is 0 Å². The summed E-state index contributed by atoms with van der Waals surface area (Å²) in [4.78, 5) is 11.1. The van der Waals surface area contributed by atoms with Crippen LogP contribution in [-0.2, 0) is 16.0 Å². The molecule has 2 atom stereocenters. The number of para-hydroxylation sites is 1. The summed E-state index contributed by atoms with van der Waals surface area (Å²) >= 11 is 0. The molecule has 0 radical (unpaired) electrons. The van der Waals surface area contributed by atoms with Crippen LogP contribution in [0.4, 0.5) is 0 Å². The molecule has 3 aromatic carbocycles. The van der Waals surface area contributed by atoms with E-state index in [0.717, 1.165) is 28.4 Å². The van der Waals surface area contributed by atoms with Crippen molar-refractivity contribution in [3.8, 4) is 23.0 Å². The first-order valence-corrected chi connectivity index (χ1v) is 10.4. The molecule has 32 heavy (non-hydrogen) atoms. The predicted octanol–water partition coefficient (Wildman–Crippen LogP) is 5.28. The summed E-state index contributed by atoms with van der Waals surface area (Å²) < 4.78 is 22.7. The van der Waals surface area contributed by atoms with Gasteiger partial charge in [-0.25, -0.2) is 4.79 Å². The molecule has 6 nitrogen and oxygen atoms in total. The molecule has 0 bridgehead atoms. The Labute approximate surface area is 188 Å². The molecule has 0 fully saturated rings. The third kappa shape index (κ3) is 6.75. The van der Waals surface area contributed by atoms with Gasteiger partial charge >= 0.3 is 5.97 Å². The average molecular weight is 437 g/mol. The standard InChI is InChI=1S/C26H28O6/c1-18-15-23(32-21-7-5-4-6-8-21)13-14-24(18)30-17-19(2)31-22-11-9-20(10-12-22)16-25(29-3)26(27)28/h4-15,19,25H,16-17H2,1-3H3,(H,27,28)/t19-,25+/m1/s1. The highest BCUT2D eigenvalue weighted by Crippen LogP contribution is 2.27. The Bertz CT molecular complexity index is 1000. The Morgan fingerprint density at radius 1 is 0.938 bits per heavy atom. The molecule has 0 saturated heterocycles. The molecule has 0 aromatic heterocycles. The van der Waals surface area contributed by atoms with Crippen LogP contribution < -0.4 is 14.2 Å². The first kappa shape index (κ1) is 23.2. The normalized spacial score (nSPS) is 12.6. The van der Waals surface area contributed by atoms with Crippen molar-refractivity contribution in [2.75, 3.05) is 13.7 Å². The number of hydrogen-bond donors (Lipinski definition) is 1. The summed E-state index contributed by atoms with van der Waals surface area (Å²) in [5.41, 5.74) is 1.84. The van der Waals surface area contributed by atoms with Gasteiger partial charge in [0.1, 0.15) is 35.7 Å². The van der Waals surface area contributed by atoms with E-state index in [1.807, 2.05) is 86.6 Å². The summed E-state index contributed by atoms with van der Waals surface area (Å²) in [6, 6.07) is 22.7. The van der Waals surface area contributed by atoms with E-state index < -0.39 is 12.1 Å². The van der Waals surface area contributed by atoms with Gasteiger partial charge in [0, 0.05) is 13.5 Å². The summed E-state index contributed by atoms with van der Waals surface area (Å²) in [5, 5.41) is 9.09. The molecular formula is C26H28O6. The number of methoxy groups -OCH3 is 1. The minimum Gasteiger partial charge on any atom is -0.489 e. The first-order valence-electron chi connectivity index (χ1n) is 10.4. The Morgan fingerprint density at radius 2 is 1.62 bits per heavy atom. The molecule has 6 heteroatoms. The van der Waals surface area contributed by atoms with Crippen molar-refractivity contribution >= 4 is 5.97 Å². The lowest BCUT2D eigenvalue weighted by Crippen LogP contribution is -2.24. The summed E-state index contributed by atoms with van der Waals surface area (Å²) in [5.74, 6) is 2.03. The number of aryl methyl sites for hydroxylation is 1. The zero-order chi connectivity index (χ0) is 22.9. The molecule has 0 aliphatic carbocycles. The van der Waals surface area contributed by atoms with Crippen molar-refractivity contribution < 1.29 is 28.8 Å². The monoisotopic (exact) mass is 436 g/mol. The number of aliphatic carboxylic acids is 1. The van der Waals surface area contributed by atoms with E-state index in [1.165, 1.54) is 7.11 Å². The third-order valence-corrected chi connectivity index (χ3v) is 4.84. The number of carboxylic acids is 1. The van der Waals surface area contributed by atoms with E-state index >= 15 is 0 Å². The molecule has 0 unspecified atom stereocenters. The molecule has 0 heterocycles. The lowest BCUT2D eigenvalue weighted by atomic mass is 10.1. The minimum atomic E-state index is -0.978. The second kappa shape index (κ2) is 11.2. The number of hydrogen-bond acceptors (Lipinski definition) is 5. The highest BCUT2D eigenvalue weighted by atomic mass is 16.5. The molecule has 3 rings (SSSR count). The van der Waals surface area contributed by atoms with Gasteiger partial charge in [-0.1, -0.05) is 30.3 Å². The molecule has 3 aromatic rings. The van der Waals surface area contributed by atoms with E-state index in [2.05, 4.69) is 0 Å². The van der Waals surface area contributed by atoms with Crippen molar-refractivity contribution in [1.82, 2.24) is 0 Å². The second-order valence-corrected chi connectivity index (χ2v) is 7.49. The highest BCUT2D eigenvalue weighted by molar-refractivity contribution is 5.72. The Morgan fingerprint density at radius 3 is 2.25 bits per heavy atom. The van der Waals surface area contributed by atoms with Gasteiger partial charge in [-0.15, -0.1) is 0 Å². The van der Waals surface area contributed by atoms with E-state index in [0.29, 0.717) is 18.8 Å². The summed E-state index contributed by atoms with van der Waals surface area (Å²) in [6.07, 6.45) is -0.735. The van der Waals surface area contributed by atoms with Crippen LogP contribution in [0, 0.1) is 6.92 Å². The summed E-state index contributed by atoms with van der Waals surface area (Å²) in [7, 11) is 1.39. The largest absolute Gasteiger partial charge is 0.489 e. The number of ether oxygens (including phenoxy) is 4. The number of carbonyl (C=O) groups is 1. The van der Waals surface area contributed by atoms with Crippen molar-refractivity contribution in [2.24, 2.45) is 0 Å². The lowest BCUT2D eigenvalue weighted by Gasteiger charge is -2.17. The van der Waals surface area contributed by atoms with Gasteiger partial charge in [0.15, 0.2) is 6.10 Å². The molecule has 0 spiro atoms. The molecule has 168 valence electrons. The zero-order valence-electron chi connectivity index (χ0n) is 18.5. The van der Waals surface area contributed by atoms with Crippen LogP contribution in [0.5, 0.6) is 23.0 Å². The predicted molar refractivity (Wildman–Crippen MR) is 122 cm³/mol. The number of rotatable bonds is 11. The molecule has 0 aliphatic heterocycles. The number of carboxylic acid groups (broad SMARTS) is 1. The van der Waals surface area contributed by atoms with Gasteiger partial charge in [0.2, 0.25) is 0 Å². The third-order valence-electron chi connectivity index (χ3n) is 4.84. The van der Waals surface area contributed by atoms with Gasteiger partial charge in [-0.05, 0) is 67.4 Å². The Balaban J connectivity index is 1.50. The van der Waals surface area contributed by atoms with Gasteiger partial charge in [0.25, 0.3) is 0 Å². The smallest absolute Gasteiger partial charge is 0.333 e. The Kier molecular flexibility index (Phi) is 8.11. The van der Waals surface area contributed by atoms with Crippen LogP contribution in [-0.4, -0.2) is 37.0 Å². The first-order chi connectivity index (χ1) is 15.4. The topological polar surface area (TPSA) is 74.2 Å². The van der Waals surface area contributed by atoms with Crippen LogP contribution in [0.15, 0.2) is 72.8 Å². The second-order valence-electron chi connectivity index (χ2n) is 7.49. The van der Waals surface area contributed by atoms with Gasteiger partial charge in [0.05, 0.1) is 0 Å². The minimum absolute atomic E-state index is 0.175. The van der Waals surface area contributed by atoms with Crippen molar-refractivity contribution in [2.45, 2.75) is 32.5 Å². The lowest BCUT2D eigenvalue weighted by molar-refractivity contribution is -0.148. The van der Waals surface area contributed by atoms with E-state index in [-0.39, 0.29) is 6.10 Å². The van der Waals surface area contributed by atoms with Crippen molar-refractivity contribution in [3.63, 3.8) is 0 Å². The fourth-order valence-corrected chi connectivity index (χ4v) is 3.14. The van der Waals surface area contributed by atoms with Crippen LogP contribution in [0.2, 0.25) is 0 Å². The van der Waals surface area contributed by atoms with E-state index in [9.17, 15) is 4.79 Å². The van der Waals surface area contributed by atoms with Crippen molar-refractivity contribution in [3.05, 3.63) is 83.9 Å². The maximum atomic E-state index is 11.1. The van der Waals surface area contributed by atoms with E-state index in [4.69, 9.17) is 24.1 Å². The average Bonchev–Trinajstić information content (AvgIpc) is 2.78. The van der Waals surface area contributed by atoms with Crippen molar-refractivity contribution in [1.29, 1.82) is 0 Å². The SMILES string of the molecule is CO[C@@H](Cc1ccc(O[C@H](C)COc2ccc(Oc3ccccc3)cc2C)cc1)C(=O)O. The fraction of sp³-hybridized carbons (Fsp3) is 0.269. The summed E-state index contributed by atoms with van der Waals surface area (Å²) in [6.45, 7) is 4.29. The quantitative estimate of drug-likeness (QED) is 0.441. The van der Waals surface area contributed by atoms with Crippen LogP contribution >= 0.6 is 0 Å². The molecular weight excluding hydrogens is 408 g/mol. The van der Waals surface area contributed by atoms with Gasteiger partial charge < -0.3 is 24.1 Å². The van der Waals surface area contributed by atoms with E-state index in [1.54, 1.807) is 0 Å². The van der Waals surface area contributed by atoms with Crippen LogP contribution in [0.3, 0.4) is 0 Å². The highest BCUT2D eigenvalue weighted by Gasteiger charge is 2.17. The van der Waals surface area contributed by atoms with Crippen LogP contribution in [0.25, 0.3) is 0 Å². The molecule has 1 N–H and O–H groups in total. The fourth-order valence-electron chi connectivity index (χ4n) is 3.14. The Hall–Kier alpha value is -3.51. The molecule has 0 aliphatic rings. The van der Waals surface area contributed by atoms with Crippen LogP contribution in [0.1, 0.15) is 18.1 Å². The zero-order valence-corrected chi connectivity index (χ0v) is 18.5. The van der Waals surface area contributed by atoms with Gasteiger partial charge in [-0.3, -0.25) is 0 Å².